The first-order valence-corrected chi connectivity index (χ1v) is 6.15. The molecule has 1 fully saturated rings. The molecule has 1 saturated heterocycles. The molecule has 1 aliphatic heterocycles. The van der Waals surface area contributed by atoms with E-state index in [0.29, 0.717) is 31.6 Å². The SMILES string of the molecule is CN(CC1(O)CCNC1)C(=O)c1cc(F)c(F)c(F)c1. The minimum atomic E-state index is -1.61. The normalized spacial score (nSPS) is 22.1. The Balaban J connectivity index is 2.14. The van der Waals surface area contributed by atoms with E-state index in [2.05, 4.69) is 5.32 Å². The first-order chi connectivity index (χ1) is 9.32. The van der Waals surface area contributed by atoms with Crippen molar-refractivity contribution in [3.8, 4) is 0 Å². The molecule has 1 aromatic rings. The van der Waals surface area contributed by atoms with E-state index < -0.39 is 29.0 Å². The van der Waals surface area contributed by atoms with Gasteiger partial charge in [0.15, 0.2) is 17.5 Å². The van der Waals surface area contributed by atoms with E-state index >= 15 is 0 Å². The van der Waals surface area contributed by atoms with Gasteiger partial charge in [-0.3, -0.25) is 4.79 Å². The molecule has 2 rings (SSSR count). The van der Waals surface area contributed by atoms with Gasteiger partial charge in [0.05, 0.1) is 12.1 Å². The lowest BCUT2D eigenvalue weighted by Gasteiger charge is -2.28. The van der Waals surface area contributed by atoms with E-state index in [1.54, 1.807) is 0 Å². The topological polar surface area (TPSA) is 52.6 Å². The number of benzene rings is 1. The lowest BCUT2D eigenvalue weighted by atomic mass is 10.0. The molecule has 1 atom stereocenters. The average Bonchev–Trinajstić information content (AvgIpc) is 2.80. The highest BCUT2D eigenvalue weighted by Crippen LogP contribution is 2.18. The minimum Gasteiger partial charge on any atom is -0.387 e. The molecule has 1 unspecified atom stereocenters. The van der Waals surface area contributed by atoms with Crippen LogP contribution < -0.4 is 5.32 Å². The second kappa shape index (κ2) is 5.41. The molecule has 2 N–H and O–H groups in total. The number of halogens is 3. The summed E-state index contributed by atoms with van der Waals surface area (Å²) in [6, 6.07) is 1.29. The van der Waals surface area contributed by atoms with Crippen LogP contribution in [0.25, 0.3) is 0 Å². The Morgan fingerprint density at radius 2 is 2.00 bits per heavy atom. The van der Waals surface area contributed by atoms with Crippen molar-refractivity contribution in [3.63, 3.8) is 0 Å². The molecule has 0 aromatic heterocycles. The van der Waals surface area contributed by atoms with E-state index in [1.807, 2.05) is 0 Å². The maximum absolute atomic E-state index is 13.1. The van der Waals surface area contributed by atoms with Crippen molar-refractivity contribution < 1.29 is 23.1 Å². The zero-order valence-corrected chi connectivity index (χ0v) is 10.9. The molecule has 0 saturated carbocycles. The van der Waals surface area contributed by atoms with Gasteiger partial charge in [-0.1, -0.05) is 0 Å². The maximum Gasteiger partial charge on any atom is 0.253 e. The predicted octanol–water partition coefficient (Wildman–Crippen LogP) is 0.900. The average molecular weight is 288 g/mol. The van der Waals surface area contributed by atoms with Crippen LogP contribution in [0.5, 0.6) is 0 Å². The van der Waals surface area contributed by atoms with Crippen LogP contribution >= 0.6 is 0 Å². The Kier molecular flexibility index (Phi) is 4.01. The van der Waals surface area contributed by atoms with Crippen molar-refractivity contribution in [2.75, 3.05) is 26.7 Å². The number of nitrogens with one attached hydrogen (secondary N) is 1. The monoisotopic (exact) mass is 288 g/mol. The number of amides is 1. The summed E-state index contributed by atoms with van der Waals surface area (Å²) in [5.74, 6) is -5.11. The zero-order chi connectivity index (χ0) is 14.9. The van der Waals surface area contributed by atoms with Crippen LogP contribution in [0.4, 0.5) is 13.2 Å². The molecule has 1 aliphatic rings. The summed E-state index contributed by atoms with van der Waals surface area (Å²) in [4.78, 5) is 13.2. The van der Waals surface area contributed by atoms with Gasteiger partial charge in [-0.05, 0) is 25.1 Å². The van der Waals surface area contributed by atoms with Gasteiger partial charge in [-0.2, -0.15) is 0 Å². The number of nitrogens with zero attached hydrogens (tertiary/aromatic N) is 1. The van der Waals surface area contributed by atoms with Crippen LogP contribution in [0.3, 0.4) is 0 Å². The third-order valence-electron chi connectivity index (χ3n) is 3.33. The van der Waals surface area contributed by atoms with Gasteiger partial charge in [0, 0.05) is 19.2 Å². The van der Waals surface area contributed by atoms with Gasteiger partial charge in [-0.25, -0.2) is 13.2 Å². The Bertz CT molecular complexity index is 507. The largest absolute Gasteiger partial charge is 0.387 e. The van der Waals surface area contributed by atoms with Gasteiger partial charge >= 0.3 is 0 Å². The molecular weight excluding hydrogens is 273 g/mol. The predicted molar refractivity (Wildman–Crippen MR) is 65.7 cm³/mol. The van der Waals surface area contributed by atoms with Crippen LogP contribution in [0, 0.1) is 17.5 Å². The summed E-state index contributed by atoms with van der Waals surface area (Å²) >= 11 is 0. The number of β-amino-alcohol motifs (C(OH)–C–C–N with tert-alkyl or cyclic N) is 1. The molecule has 0 radical (unpaired) electrons. The van der Waals surface area contributed by atoms with E-state index in [1.165, 1.54) is 11.9 Å². The smallest absolute Gasteiger partial charge is 0.253 e. The fraction of sp³-hybridized carbons (Fsp3) is 0.462. The molecule has 0 spiro atoms. The van der Waals surface area contributed by atoms with Crippen LogP contribution in [0.15, 0.2) is 12.1 Å². The Hall–Kier alpha value is -1.60. The number of carbonyl (C=O) groups excluding carboxylic acids is 1. The third kappa shape index (κ3) is 2.94. The quantitative estimate of drug-likeness (QED) is 0.813. The molecule has 110 valence electrons. The molecule has 20 heavy (non-hydrogen) atoms. The highest BCUT2D eigenvalue weighted by atomic mass is 19.2. The van der Waals surface area contributed by atoms with Gasteiger partial charge < -0.3 is 15.3 Å². The van der Waals surface area contributed by atoms with Crippen molar-refractivity contribution in [1.29, 1.82) is 0 Å². The summed E-state index contributed by atoms with van der Waals surface area (Å²) in [7, 11) is 1.41. The van der Waals surface area contributed by atoms with E-state index in [4.69, 9.17) is 0 Å². The third-order valence-corrected chi connectivity index (χ3v) is 3.33. The number of likely N-dealkylation sites (N-methyl/N-ethyl adjacent to an activating group) is 1. The lowest BCUT2D eigenvalue weighted by Crippen LogP contribution is -2.45. The van der Waals surface area contributed by atoms with Gasteiger partial charge in [0.1, 0.15) is 0 Å². The maximum atomic E-state index is 13.1. The van der Waals surface area contributed by atoms with Crippen molar-refractivity contribution >= 4 is 5.91 Å². The number of hydrogen-bond acceptors (Lipinski definition) is 3. The zero-order valence-electron chi connectivity index (χ0n) is 10.9. The van der Waals surface area contributed by atoms with E-state index in [-0.39, 0.29) is 12.1 Å². The lowest BCUT2D eigenvalue weighted by molar-refractivity contribution is 0.0252. The molecule has 4 nitrogen and oxygen atoms in total. The number of carbonyl (C=O) groups is 1. The second-order valence-electron chi connectivity index (χ2n) is 5.07. The Morgan fingerprint density at radius 1 is 1.40 bits per heavy atom. The second-order valence-corrected chi connectivity index (χ2v) is 5.07. The van der Waals surface area contributed by atoms with Crippen LogP contribution in [-0.4, -0.2) is 48.2 Å². The summed E-state index contributed by atoms with van der Waals surface area (Å²) in [6.07, 6.45) is 0.483. The van der Waals surface area contributed by atoms with Gasteiger partial charge in [0.2, 0.25) is 0 Å². The fourth-order valence-corrected chi connectivity index (χ4v) is 2.28. The van der Waals surface area contributed by atoms with Crippen LogP contribution in [0.2, 0.25) is 0 Å². The molecule has 0 bridgehead atoms. The first-order valence-electron chi connectivity index (χ1n) is 6.15. The highest BCUT2D eigenvalue weighted by molar-refractivity contribution is 5.94. The fourth-order valence-electron chi connectivity index (χ4n) is 2.28. The van der Waals surface area contributed by atoms with E-state index in [0.717, 1.165) is 0 Å². The van der Waals surface area contributed by atoms with Crippen LogP contribution in [0.1, 0.15) is 16.8 Å². The molecule has 1 heterocycles. The highest BCUT2D eigenvalue weighted by Gasteiger charge is 2.33. The number of aliphatic hydroxyl groups is 1. The van der Waals surface area contributed by atoms with Crippen molar-refractivity contribution in [3.05, 3.63) is 35.1 Å². The molecular formula is C13H15F3N2O2. The first kappa shape index (κ1) is 14.8. The Labute approximate surface area is 114 Å². The number of hydrogen-bond donors (Lipinski definition) is 2. The summed E-state index contributed by atoms with van der Waals surface area (Å²) in [6.45, 7) is 1.01. The number of rotatable bonds is 3. The van der Waals surface area contributed by atoms with Crippen molar-refractivity contribution in [2.24, 2.45) is 0 Å². The van der Waals surface area contributed by atoms with E-state index in [9.17, 15) is 23.1 Å². The minimum absolute atomic E-state index is 0.0272. The summed E-state index contributed by atoms with van der Waals surface area (Å²) < 4.78 is 39.0. The van der Waals surface area contributed by atoms with Gasteiger partial charge in [-0.15, -0.1) is 0 Å². The van der Waals surface area contributed by atoms with Gasteiger partial charge in [0.25, 0.3) is 5.91 Å². The van der Waals surface area contributed by atoms with Crippen molar-refractivity contribution in [2.45, 2.75) is 12.0 Å². The molecule has 7 heteroatoms. The van der Waals surface area contributed by atoms with Crippen molar-refractivity contribution in [1.82, 2.24) is 10.2 Å². The molecule has 1 amide bonds. The Morgan fingerprint density at radius 3 is 2.50 bits per heavy atom. The molecule has 0 aliphatic carbocycles. The van der Waals surface area contributed by atoms with Crippen LogP contribution in [-0.2, 0) is 0 Å². The standard InChI is InChI=1S/C13H15F3N2O2/c1-18(7-13(20)2-3-17-6-13)12(19)8-4-9(14)11(16)10(15)5-8/h4-5,17,20H,2-3,6-7H2,1H3. The summed E-state index contributed by atoms with van der Waals surface area (Å²) in [5, 5.41) is 13.1. The molecule has 1 aromatic carbocycles. The summed E-state index contributed by atoms with van der Waals surface area (Å²) in [5.41, 5.74) is -1.35.